The number of piperidine rings is 2. The van der Waals surface area contributed by atoms with Crippen LogP contribution in [0.1, 0.15) is 45.7 Å². The van der Waals surface area contributed by atoms with Crippen LogP contribution in [-0.4, -0.2) is 43.9 Å². The van der Waals surface area contributed by atoms with Gasteiger partial charge in [-0.05, 0) is 61.3 Å². The summed E-state index contributed by atoms with van der Waals surface area (Å²) >= 11 is 0. The van der Waals surface area contributed by atoms with E-state index in [2.05, 4.69) is 36.7 Å². The molecule has 0 radical (unpaired) electrons. The van der Waals surface area contributed by atoms with E-state index in [0.29, 0.717) is 48.2 Å². The molecule has 0 amide bonds. The number of sulfonamides is 1. The zero-order chi connectivity index (χ0) is 22.2. The first kappa shape index (κ1) is 21.8. The lowest BCUT2D eigenvalue weighted by Crippen LogP contribution is -2.39. The van der Waals surface area contributed by atoms with Gasteiger partial charge in [-0.3, -0.25) is 0 Å². The van der Waals surface area contributed by atoms with E-state index >= 15 is 0 Å². The Hall–Kier alpha value is -2.37. The fourth-order valence-electron chi connectivity index (χ4n) is 4.83. The first-order valence-electron chi connectivity index (χ1n) is 11.0. The number of hydrogen-bond donors (Lipinski definition) is 0. The maximum Gasteiger partial charge on any atom is 0.243 e. The van der Waals surface area contributed by atoms with Gasteiger partial charge in [0, 0.05) is 31.7 Å². The quantitative estimate of drug-likeness (QED) is 0.708. The van der Waals surface area contributed by atoms with Gasteiger partial charge in [-0.25, -0.2) is 8.42 Å². The number of oxazole rings is 1. The fourth-order valence-corrected chi connectivity index (χ4v) is 6.43. The molecule has 0 bridgehead atoms. The van der Waals surface area contributed by atoms with E-state index in [0.717, 1.165) is 32.4 Å². The molecule has 0 saturated carbocycles. The molecule has 4 rings (SSSR count). The van der Waals surface area contributed by atoms with Crippen LogP contribution in [-0.2, 0) is 10.0 Å². The van der Waals surface area contributed by atoms with E-state index in [1.807, 2.05) is 0 Å². The lowest BCUT2D eigenvalue weighted by Gasteiger charge is -2.34. The molecule has 2 aliphatic heterocycles. The van der Waals surface area contributed by atoms with E-state index in [4.69, 9.17) is 4.42 Å². The van der Waals surface area contributed by atoms with Crippen molar-refractivity contribution >= 4 is 15.9 Å². The number of rotatable bonds is 4. The molecule has 2 fully saturated rings. The third-order valence-corrected chi connectivity index (χ3v) is 8.11. The molecule has 3 heterocycles. The molecule has 7 nitrogen and oxygen atoms in total. The summed E-state index contributed by atoms with van der Waals surface area (Å²) in [4.78, 5) is 6.76. The predicted octanol–water partition coefficient (Wildman–Crippen LogP) is 4.12. The van der Waals surface area contributed by atoms with Gasteiger partial charge in [-0.1, -0.05) is 20.8 Å². The molecule has 0 spiro atoms. The Kier molecular flexibility index (Phi) is 6.09. The van der Waals surface area contributed by atoms with Crippen molar-refractivity contribution in [3.8, 4) is 17.5 Å². The summed E-state index contributed by atoms with van der Waals surface area (Å²) in [5.41, 5.74) is 0.933. The maximum atomic E-state index is 13.0. The van der Waals surface area contributed by atoms with Crippen molar-refractivity contribution in [2.24, 2.45) is 17.8 Å². The highest BCUT2D eigenvalue weighted by Gasteiger charge is 2.30. The Balaban J connectivity index is 1.58. The highest BCUT2D eigenvalue weighted by atomic mass is 32.2. The van der Waals surface area contributed by atoms with Crippen LogP contribution in [0.2, 0.25) is 0 Å². The zero-order valence-electron chi connectivity index (χ0n) is 18.4. The first-order valence-corrected chi connectivity index (χ1v) is 12.5. The van der Waals surface area contributed by atoms with Crippen molar-refractivity contribution in [2.45, 2.75) is 44.9 Å². The monoisotopic (exact) mass is 442 g/mol. The molecule has 3 atom stereocenters. The largest absolute Gasteiger partial charge is 0.419 e. The van der Waals surface area contributed by atoms with Crippen molar-refractivity contribution in [3.05, 3.63) is 30.0 Å². The van der Waals surface area contributed by atoms with Crippen LogP contribution < -0.4 is 4.90 Å². The van der Waals surface area contributed by atoms with Gasteiger partial charge in [-0.15, -0.1) is 0 Å². The number of aromatic nitrogens is 1. The minimum atomic E-state index is -3.51. The summed E-state index contributed by atoms with van der Waals surface area (Å²) in [6.45, 7) is 9.28. The molecule has 31 heavy (non-hydrogen) atoms. The van der Waals surface area contributed by atoms with Gasteiger partial charge >= 0.3 is 0 Å². The van der Waals surface area contributed by atoms with Gasteiger partial charge in [0.25, 0.3) is 0 Å². The van der Waals surface area contributed by atoms with Crippen LogP contribution in [0.15, 0.2) is 33.6 Å². The van der Waals surface area contributed by atoms with Crippen LogP contribution in [0.3, 0.4) is 0 Å². The van der Waals surface area contributed by atoms with Crippen molar-refractivity contribution < 1.29 is 12.8 Å². The lowest BCUT2D eigenvalue weighted by molar-refractivity contribution is 0.281. The molecule has 3 unspecified atom stereocenters. The molecule has 2 saturated heterocycles. The van der Waals surface area contributed by atoms with E-state index in [1.165, 1.54) is 0 Å². The third-order valence-electron chi connectivity index (χ3n) is 6.23. The normalized spacial score (nSPS) is 25.4. The highest BCUT2D eigenvalue weighted by molar-refractivity contribution is 7.89. The Morgan fingerprint density at radius 1 is 1.06 bits per heavy atom. The minimum absolute atomic E-state index is 0.273. The van der Waals surface area contributed by atoms with E-state index in [9.17, 15) is 13.7 Å². The minimum Gasteiger partial charge on any atom is -0.419 e. The summed E-state index contributed by atoms with van der Waals surface area (Å²) in [5.74, 6) is 2.26. The molecule has 8 heteroatoms. The van der Waals surface area contributed by atoms with Crippen LogP contribution in [0.5, 0.6) is 0 Å². The zero-order valence-corrected chi connectivity index (χ0v) is 19.2. The van der Waals surface area contributed by atoms with Crippen molar-refractivity contribution in [2.75, 3.05) is 31.1 Å². The summed E-state index contributed by atoms with van der Waals surface area (Å²) in [6.07, 6.45) is 3.11. The summed E-state index contributed by atoms with van der Waals surface area (Å²) in [6, 6.07) is 8.76. The number of nitrogens with zero attached hydrogens (tertiary/aromatic N) is 4. The van der Waals surface area contributed by atoms with Gasteiger partial charge in [0.05, 0.1) is 4.90 Å². The second kappa shape index (κ2) is 8.64. The number of benzene rings is 1. The van der Waals surface area contributed by atoms with Gasteiger partial charge < -0.3 is 9.32 Å². The highest BCUT2D eigenvalue weighted by Crippen LogP contribution is 2.33. The predicted molar refractivity (Wildman–Crippen MR) is 119 cm³/mol. The number of nitriles is 1. The first-order chi connectivity index (χ1) is 14.8. The van der Waals surface area contributed by atoms with Crippen LogP contribution in [0, 0.1) is 29.1 Å². The maximum absolute atomic E-state index is 13.0. The van der Waals surface area contributed by atoms with Crippen molar-refractivity contribution in [1.29, 1.82) is 5.26 Å². The van der Waals surface area contributed by atoms with Crippen molar-refractivity contribution in [3.63, 3.8) is 0 Å². The SMILES string of the molecule is CC1CC(C)CN(c2oc(-c3ccc(S(=O)(=O)N4CCCC(C)C4)cc3)nc2C#N)C1. The van der Waals surface area contributed by atoms with Crippen LogP contribution in [0.25, 0.3) is 11.5 Å². The van der Waals surface area contributed by atoms with Crippen molar-refractivity contribution in [1.82, 2.24) is 9.29 Å². The Morgan fingerprint density at radius 3 is 2.35 bits per heavy atom. The smallest absolute Gasteiger partial charge is 0.243 e. The van der Waals surface area contributed by atoms with Gasteiger partial charge in [-0.2, -0.15) is 14.6 Å². The summed E-state index contributed by atoms with van der Waals surface area (Å²) < 4.78 is 33.6. The molecule has 0 aliphatic carbocycles. The topological polar surface area (TPSA) is 90.4 Å². The lowest BCUT2D eigenvalue weighted by atomic mass is 9.92. The average molecular weight is 443 g/mol. The standard InChI is InChI=1S/C23H30N4O3S/c1-16-5-4-10-27(15-16)31(28,29)20-8-6-19(7-9-20)22-25-21(12-24)23(30-22)26-13-17(2)11-18(3)14-26/h6-9,16-18H,4-5,10-11,13-15H2,1-3H3. The molecule has 2 aliphatic rings. The van der Waals surface area contributed by atoms with Crippen LogP contribution >= 0.6 is 0 Å². The summed E-state index contributed by atoms with van der Waals surface area (Å²) in [5, 5.41) is 9.57. The Morgan fingerprint density at radius 2 is 1.74 bits per heavy atom. The average Bonchev–Trinajstić information content (AvgIpc) is 3.18. The van der Waals surface area contributed by atoms with E-state index in [-0.39, 0.29) is 10.6 Å². The third kappa shape index (κ3) is 4.48. The summed E-state index contributed by atoms with van der Waals surface area (Å²) in [7, 11) is -3.51. The molecule has 0 N–H and O–H groups in total. The molecule has 1 aromatic carbocycles. The molecule has 1 aromatic heterocycles. The molecular weight excluding hydrogens is 412 g/mol. The van der Waals surface area contributed by atoms with Gasteiger partial charge in [0.2, 0.25) is 27.5 Å². The second-order valence-corrected chi connectivity index (χ2v) is 11.2. The van der Waals surface area contributed by atoms with Crippen LogP contribution in [0.4, 0.5) is 5.88 Å². The molecule has 2 aromatic rings. The Bertz CT molecular complexity index is 1060. The molecule has 166 valence electrons. The van der Waals surface area contributed by atoms with E-state index < -0.39 is 10.0 Å². The Labute approximate surface area is 184 Å². The second-order valence-electron chi connectivity index (χ2n) is 9.27. The molecular formula is C23H30N4O3S. The number of hydrogen-bond acceptors (Lipinski definition) is 6. The van der Waals surface area contributed by atoms with Gasteiger partial charge in [0.15, 0.2) is 0 Å². The fraction of sp³-hybridized carbons (Fsp3) is 0.565. The van der Waals surface area contributed by atoms with E-state index in [1.54, 1.807) is 28.6 Å². The van der Waals surface area contributed by atoms with Gasteiger partial charge in [0.1, 0.15) is 6.07 Å². The number of anilines is 1.